The van der Waals surface area contributed by atoms with E-state index in [2.05, 4.69) is 6.58 Å². The van der Waals surface area contributed by atoms with E-state index in [9.17, 15) is 4.79 Å². The lowest BCUT2D eigenvalue weighted by Gasteiger charge is -2.08. The molecule has 0 amide bonds. The minimum atomic E-state index is -1.17. The first-order valence-electron chi connectivity index (χ1n) is 6.54. The molecule has 0 spiro atoms. The Bertz CT molecular complexity index is 255. The molecule has 0 aliphatic carbocycles. The first-order valence-corrected chi connectivity index (χ1v) is 6.54. The lowest BCUT2D eigenvalue weighted by atomic mass is 10.6. The van der Waals surface area contributed by atoms with Crippen LogP contribution in [-0.2, 0) is 28.5 Å². The van der Waals surface area contributed by atoms with Gasteiger partial charge in [-0.15, -0.1) is 0 Å². The molecule has 0 aromatic rings. The average molecular weight is 292 g/mol. The van der Waals surface area contributed by atoms with Crippen molar-refractivity contribution in [1.82, 2.24) is 0 Å². The second-order valence-corrected chi connectivity index (χ2v) is 3.61. The van der Waals surface area contributed by atoms with Crippen molar-refractivity contribution in [3.63, 3.8) is 0 Å². The highest BCUT2D eigenvalue weighted by molar-refractivity contribution is 5.83. The van der Waals surface area contributed by atoms with E-state index >= 15 is 0 Å². The molecule has 118 valence electrons. The number of ether oxygens (including phenoxy) is 5. The van der Waals surface area contributed by atoms with Gasteiger partial charge >= 0.3 is 5.97 Å². The average Bonchev–Trinajstić information content (AvgIpc) is 2.43. The summed E-state index contributed by atoms with van der Waals surface area (Å²) in [4.78, 5) is 10.3. The Hall–Kier alpha value is -1.15. The van der Waals surface area contributed by atoms with E-state index in [4.69, 9.17) is 28.8 Å². The van der Waals surface area contributed by atoms with Crippen LogP contribution < -0.4 is 0 Å². The van der Waals surface area contributed by atoms with Gasteiger partial charge in [-0.2, -0.15) is 0 Å². The summed E-state index contributed by atoms with van der Waals surface area (Å²) in [5.41, 5.74) is 0. The molecule has 0 unspecified atom stereocenters. The molecule has 0 fully saturated rings. The van der Waals surface area contributed by atoms with Crippen LogP contribution in [0.3, 0.4) is 0 Å². The summed E-state index contributed by atoms with van der Waals surface area (Å²) in [6, 6.07) is 0. The summed E-state index contributed by atoms with van der Waals surface area (Å²) in [7, 11) is 0. The van der Waals surface area contributed by atoms with E-state index < -0.39 is 5.97 Å². The second-order valence-electron chi connectivity index (χ2n) is 3.61. The van der Waals surface area contributed by atoms with Gasteiger partial charge in [0.1, 0.15) is 6.61 Å². The monoisotopic (exact) mass is 292 g/mol. The molecule has 0 atom stereocenters. The maximum absolute atomic E-state index is 10.3. The van der Waals surface area contributed by atoms with Crippen LogP contribution in [0.25, 0.3) is 0 Å². The molecule has 0 heterocycles. The number of hydrogen-bond donors (Lipinski definition) is 1. The highest BCUT2D eigenvalue weighted by Gasteiger charge is 2.03. The van der Waals surface area contributed by atoms with Crippen LogP contribution in [0, 0.1) is 0 Å². The molecule has 0 bridgehead atoms. The van der Waals surface area contributed by atoms with E-state index in [1.807, 2.05) is 6.92 Å². The molecular formula is C13H24O7. The fourth-order valence-electron chi connectivity index (χ4n) is 1.09. The van der Waals surface area contributed by atoms with Gasteiger partial charge in [-0.05, 0) is 13.5 Å². The van der Waals surface area contributed by atoms with Gasteiger partial charge in [-0.3, -0.25) is 0 Å². The van der Waals surface area contributed by atoms with Crippen molar-refractivity contribution in [2.24, 2.45) is 0 Å². The van der Waals surface area contributed by atoms with Gasteiger partial charge in [0.25, 0.3) is 0 Å². The first-order chi connectivity index (χ1) is 9.68. The number of hydrogen-bond acceptors (Lipinski definition) is 6. The van der Waals surface area contributed by atoms with Gasteiger partial charge < -0.3 is 28.8 Å². The molecule has 0 aliphatic rings. The zero-order valence-electron chi connectivity index (χ0n) is 12.0. The van der Waals surface area contributed by atoms with Gasteiger partial charge in [-0.1, -0.05) is 0 Å². The maximum Gasteiger partial charge on any atom is 0.370 e. The predicted molar refractivity (Wildman–Crippen MR) is 71.7 cm³/mol. The van der Waals surface area contributed by atoms with Crippen LogP contribution in [0.2, 0.25) is 0 Å². The van der Waals surface area contributed by atoms with Crippen molar-refractivity contribution in [3.8, 4) is 0 Å². The topological polar surface area (TPSA) is 83.5 Å². The highest BCUT2D eigenvalue weighted by Crippen LogP contribution is 1.92. The van der Waals surface area contributed by atoms with Crippen molar-refractivity contribution in [1.29, 1.82) is 0 Å². The van der Waals surface area contributed by atoms with Gasteiger partial charge in [-0.25, -0.2) is 4.79 Å². The van der Waals surface area contributed by atoms with Crippen molar-refractivity contribution in [2.45, 2.75) is 6.92 Å². The molecule has 7 heteroatoms. The van der Waals surface area contributed by atoms with Gasteiger partial charge in [0.2, 0.25) is 0 Å². The summed E-state index contributed by atoms with van der Waals surface area (Å²) < 4.78 is 25.6. The Morgan fingerprint density at radius 3 is 1.65 bits per heavy atom. The summed E-state index contributed by atoms with van der Waals surface area (Å²) in [5, 5.41) is 8.47. The van der Waals surface area contributed by atoms with Crippen molar-refractivity contribution in [3.05, 3.63) is 12.3 Å². The molecule has 7 nitrogen and oxygen atoms in total. The molecule has 0 rings (SSSR count). The Balaban J connectivity index is 3.06. The van der Waals surface area contributed by atoms with Crippen molar-refractivity contribution < 1.29 is 33.6 Å². The Labute approximate surface area is 119 Å². The molecule has 0 radical (unpaired) electrons. The minimum absolute atomic E-state index is 0.158. The quantitative estimate of drug-likeness (QED) is 0.270. The first kappa shape index (κ1) is 18.9. The Morgan fingerprint density at radius 1 is 0.850 bits per heavy atom. The number of aliphatic carboxylic acids is 1. The minimum Gasteiger partial charge on any atom is -0.485 e. The smallest absolute Gasteiger partial charge is 0.370 e. The molecule has 20 heavy (non-hydrogen) atoms. The number of carboxylic acid groups (broad SMARTS) is 1. The van der Waals surface area contributed by atoms with Crippen LogP contribution in [0.4, 0.5) is 0 Å². The van der Waals surface area contributed by atoms with Gasteiger partial charge in [0, 0.05) is 6.61 Å². The fraction of sp³-hybridized carbons (Fsp3) is 0.769. The van der Waals surface area contributed by atoms with Crippen LogP contribution in [0.15, 0.2) is 12.3 Å². The summed E-state index contributed by atoms with van der Waals surface area (Å²) >= 11 is 0. The van der Waals surface area contributed by atoms with E-state index in [1.165, 1.54) is 0 Å². The normalized spacial score (nSPS) is 10.4. The molecule has 0 saturated carbocycles. The van der Waals surface area contributed by atoms with Crippen LogP contribution >= 0.6 is 0 Å². The summed E-state index contributed by atoms with van der Waals surface area (Å²) in [6.45, 7) is 9.37. The molecular weight excluding hydrogens is 268 g/mol. The van der Waals surface area contributed by atoms with E-state index in [-0.39, 0.29) is 12.4 Å². The Kier molecular flexibility index (Phi) is 13.4. The number of rotatable bonds is 15. The maximum atomic E-state index is 10.3. The second kappa shape index (κ2) is 14.3. The van der Waals surface area contributed by atoms with Crippen molar-refractivity contribution in [2.75, 3.05) is 59.5 Å². The highest BCUT2D eigenvalue weighted by atomic mass is 16.6. The van der Waals surface area contributed by atoms with Crippen molar-refractivity contribution >= 4 is 5.97 Å². The molecule has 0 aromatic heterocycles. The standard InChI is InChI=1S/C13H24O7/c1-3-16-4-5-17-6-7-18-8-9-19-10-11-20-12(2)13(14)15/h2-11H2,1H3,(H,14,15). The number of carboxylic acids is 1. The fourth-order valence-corrected chi connectivity index (χ4v) is 1.09. The third-order valence-corrected chi connectivity index (χ3v) is 2.06. The molecule has 0 aromatic carbocycles. The van der Waals surface area contributed by atoms with Crippen LogP contribution in [0.1, 0.15) is 6.92 Å². The van der Waals surface area contributed by atoms with E-state index in [0.717, 1.165) is 0 Å². The third kappa shape index (κ3) is 13.3. The lowest BCUT2D eigenvalue weighted by molar-refractivity contribution is -0.136. The summed E-state index contributed by atoms with van der Waals surface area (Å²) in [5.74, 6) is -1.45. The van der Waals surface area contributed by atoms with Gasteiger partial charge in [0.15, 0.2) is 5.76 Å². The third-order valence-electron chi connectivity index (χ3n) is 2.06. The lowest BCUT2D eigenvalue weighted by Crippen LogP contribution is -2.13. The van der Waals surface area contributed by atoms with E-state index in [0.29, 0.717) is 52.9 Å². The molecule has 0 aliphatic heterocycles. The van der Waals surface area contributed by atoms with E-state index in [1.54, 1.807) is 0 Å². The Morgan fingerprint density at radius 2 is 1.25 bits per heavy atom. The van der Waals surface area contributed by atoms with Crippen LogP contribution in [0.5, 0.6) is 0 Å². The zero-order valence-corrected chi connectivity index (χ0v) is 12.0. The predicted octanol–water partition coefficient (Wildman–Crippen LogP) is 0.688. The largest absolute Gasteiger partial charge is 0.485 e. The summed E-state index contributed by atoms with van der Waals surface area (Å²) in [6.07, 6.45) is 0. The zero-order chi connectivity index (χ0) is 15.1. The number of carbonyl (C=O) groups is 1. The molecule has 0 saturated heterocycles. The van der Waals surface area contributed by atoms with Gasteiger partial charge in [0.05, 0.1) is 46.2 Å². The molecule has 1 N–H and O–H groups in total. The van der Waals surface area contributed by atoms with Crippen LogP contribution in [-0.4, -0.2) is 70.5 Å². The SMILES string of the molecule is C=C(OCCOCCOCCOCCOCC)C(=O)O.